The predicted octanol–water partition coefficient (Wildman–Crippen LogP) is 2.78. The number of nitrogens with one attached hydrogen (secondary N) is 2. The first-order valence-corrected chi connectivity index (χ1v) is 9.07. The Morgan fingerprint density at radius 2 is 2.39 bits per heavy atom. The number of hydrogen-bond acceptors (Lipinski definition) is 4. The Morgan fingerprint density at radius 1 is 1.48 bits per heavy atom. The van der Waals surface area contributed by atoms with Gasteiger partial charge >= 0.3 is 0 Å². The molecule has 1 unspecified atom stereocenters. The van der Waals surface area contributed by atoms with Gasteiger partial charge in [0.15, 0.2) is 0 Å². The second kappa shape index (κ2) is 7.70. The van der Waals surface area contributed by atoms with Crippen molar-refractivity contribution >= 4 is 17.2 Å². The molecule has 1 aromatic carbocycles. The number of thiazole rings is 1. The topological polar surface area (TPSA) is 54.0 Å². The highest BCUT2D eigenvalue weighted by atomic mass is 32.1. The first kappa shape index (κ1) is 16.1. The van der Waals surface area contributed by atoms with Crippen molar-refractivity contribution in [1.29, 1.82) is 0 Å². The molecular weight excluding hydrogens is 306 g/mol. The summed E-state index contributed by atoms with van der Waals surface area (Å²) in [4.78, 5) is 16.6. The van der Waals surface area contributed by atoms with Crippen LogP contribution in [-0.4, -0.2) is 30.5 Å². The largest absolute Gasteiger partial charge is 0.356 e. The van der Waals surface area contributed by atoms with E-state index in [1.165, 1.54) is 12.0 Å². The molecule has 0 saturated carbocycles. The van der Waals surface area contributed by atoms with Crippen molar-refractivity contribution in [2.45, 2.75) is 26.2 Å². The van der Waals surface area contributed by atoms with Crippen molar-refractivity contribution in [2.75, 3.05) is 19.6 Å². The molecule has 0 aliphatic carbocycles. The molecule has 0 spiro atoms. The summed E-state index contributed by atoms with van der Waals surface area (Å²) >= 11 is 1.60. The zero-order chi connectivity index (χ0) is 16.1. The van der Waals surface area contributed by atoms with Crippen LogP contribution in [0.2, 0.25) is 0 Å². The number of carbonyl (C=O) groups is 1. The maximum atomic E-state index is 12.0. The lowest BCUT2D eigenvalue weighted by Crippen LogP contribution is -2.27. The van der Waals surface area contributed by atoms with E-state index >= 15 is 0 Å². The fourth-order valence-electron chi connectivity index (χ4n) is 2.90. The van der Waals surface area contributed by atoms with Crippen molar-refractivity contribution in [2.24, 2.45) is 5.92 Å². The fourth-order valence-corrected chi connectivity index (χ4v) is 3.72. The highest BCUT2D eigenvalue weighted by molar-refractivity contribution is 7.13. The van der Waals surface area contributed by atoms with E-state index in [2.05, 4.69) is 40.7 Å². The van der Waals surface area contributed by atoms with Gasteiger partial charge in [-0.2, -0.15) is 0 Å². The molecule has 1 fully saturated rings. The summed E-state index contributed by atoms with van der Waals surface area (Å²) < 4.78 is 0. The van der Waals surface area contributed by atoms with Crippen LogP contribution in [-0.2, 0) is 11.2 Å². The minimum absolute atomic E-state index is 0.0667. The van der Waals surface area contributed by atoms with E-state index < -0.39 is 0 Å². The second-order valence-electron chi connectivity index (χ2n) is 6.19. The summed E-state index contributed by atoms with van der Waals surface area (Å²) in [6, 6.07) is 8.30. The monoisotopic (exact) mass is 329 g/mol. The van der Waals surface area contributed by atoms with Gasteiger partial charge in [-0.15, -0.1) is 11.3 Å². The molecule has 23 heavy (non-hydrogen) atoms. The molecule has 1 saturated heterocycles. The molecule has 3 rings (SSSR count). The third kappa shape index (κ3) is 4.62. The smallest absolute Gasteiger partial charge is 0.226 e. The van der Waals surface area contributed by atoms with E-state index in [0.717, 1.165) is 42.3 Å². The Morgan fingerprint density at radius 3 is 3.17 bits per heavy atom. The lowest BCUT2D eigenvalue weighted by molar-refractivity contribution is -0.120. The first-order chi connectivity index (χ1) is 11.2. The average molecular weight is 329 g/mol. The quantitative estimate of drug-likeness (QED) is 0.857. The molecule has 2 heterocycles. The molecule has 1 aliphatic rings. The number of carbonyl (C=O) groups excluding carboxylic acids is 1. The van der Waals surface area contributed by atoms with Crippen LogP contribution in [0.4, 0.5) is 0 Å². The summed E-state index contributed by atoms with van der Waals surface area (Å²) in [5, 5.41) is 9.33. The van der Waals surface area contributed by atoms with Crippen molar-refractivity contribution in [3.63, 3.8) is 0 Å². The molecule has 0 radical (unpaired) electrons. The number of aromatic nitrogens is 1. The molecule has 4 nitrogen and oxygen atoms in total. The Bertz CT molecular complexity index is 662. The highest BCUT2D eigenvalue weighted by Crippen LogP contribution is 2.24. The maximum absolute atomic E-state index is 12.0. The lowest BCUT2D eigenvalue weighted by atomic mass is 10.1. The number of rotatable bonds is 6. The van der Waals surface area contributed by atoms with E-state index in [1.54, 1.807) is 11.3 Å². The van der Waals surface area contributed by atoms with Gasteiger partial charge in [0.1, 0.15) is 5.01 Å². The molecule has 1 atom stereocenters. The van der Waals surface area contributed by atoms with Crippen LogP contribution in [0.25, 0.3) is 10.6 Å². The number of benzene rings is 1. The third-order valence-electron chi connectivity index (χ3n) is 4.20. The third-order valence-corrected chi connectivity index (χ3v) is 5.14. The van der Waals surface area contributed by atoms with Crippen molar-refractivity contribution in [3.05, 3.63) is 40.9 Å². The van der Waals surface area contributed by atoms with E-state index in [4.69, 9.17) is 0 Å². The van der Waals surface area contributed by atoms with Gasteiger partial charge in [0, 0.05) is 17.5 Å². The molecule has 2 aromatic rings. The van der Waals surface area contributed by atoms with Gasteiger partial charge in [0.25, 0.3) is 0 Å². The van der Waals surface area contributed by atoms with Crippen molar-refractivity contribution in [1.82, 2.24) is 15.6 Å². The molecule has 1 aromatic heterocycles. The standard InChI is InChI=1S/C18H23N3OS/c1-13-3-2-4-15(9-13)18-21-16(12-23-18)10-17(22)20-8-6-14-5-7-19-11-14/h2-4,9,12,14,19H,5-8,10-11H2,1H3,(H,20,22). The molecule has 1 amide bonds. The summed E-state index contributed by atoms with van der Waals surface area (Å²) in [5.41, 5.74) is 3.19. The van der Waals surface area contributed by atoms with Gasteiger partial charge in [0.05, 0.1) is 12.1 Å². The van der Waals surface area contributed by atoms with Gasteiger partial charge in [-0.25, -0.2) is 4.98 Å². The molecule has 2 N–H and O–H groups in total. The molecule has 122 valence electrons. The molecule has 5 heteroatoms. The predicted molar refractivity (Wildman–Crippen MR) is 94.6 cm³/mol. The van der Waals surface area contributed by atoms with Gasteiger partial charge in [-0.05, 0) is 44.8 Å². The minimum atomic E-state index is 0.0667. The number of nitrogens with zero attached hydrogens (tertiary/aromatic N) is 1. The van der Waals surface area contributed by atoms with Gasteiger partial charge < -0.3 is 10.6 Å². The fraction of sp³-hybridized carbons (Fsp3) is 0.444. The molecule has 0 bridgehead atoms. The van der Waals surface area contributed by atoms with Crippen molar-refractivity contribution < 1.29 is 4.79 Å². The Kier molecular flexibility index (Phi) is 5.41. The maximum Gasteiger partial charge on any atom is 0.226 e. The number of hydrogen-bond donors (Lipinski definition) is 2. The van der Waals surface area contributed by atoms with E-state index in [0.29, 0.717) is 12.3 Å². The number of amides is 1. The number of aryl methyl sites for hydroxylation is 1. The summed E-state index contributed by atoms with van der Waals surface area (Å²) in [7, 11) is 0. The van der Waals surface area contributed by atoms with E-state index in [-0.39, 0.29) is 5.91 Å². The van der Waals surface area contributed by atoms with E-state index in [1.807, 2.05) is 11.4 Å². The van der Waals surface area contributed by atoms with Crippen LogP contribution >= 0.6 is 11.3 Å². The summed E-state index contributed by atoms with van der Waals surface area (Å²) in [6.45, 7) is 5.03. The Hall–Kier alpha value is -1.72. The van der Waals surface area contributed by atoms with Crippen LogP contribution in [0.5, 0.6) is 0 Å². The van der Waals surface area contributed by atoms with Gasteiger partial charge in [-0.1, -0.05) is 23.8 Å². The first-order valence-electron chi connectivity index (χ1n) is 8.19. The second-order valence-corrected chi connectivity index (χ2v) is 7.05. The van der Waals surface area contributed by atoms with Crippen LogP contribution < -0.4 is 10.6 Å². The lowest BCUT2D eigenvalue weighted by Gasteiger charge is -2.08. The SMILES string of the molecule is Cc1cccc(-c2nc(CC(=O)NCCC3CCNC3)cs2)c1. The van der Waals surface area contributed by atoms with Crippen LogP contribution in [0, 0.1) is 12.8 Å². The van der Waals surface area contributed by atoms with Crippen molar-refractivity contribution in [3.8, 4) is 10.6 Å². The zero-order valence-corrected chi connectivity index (χ0v) is 14.3. The van der Waals surface area contributed by atoms with Crippen LogP contribution in [0.1, 0.15) is 24.1 Å². The minimum Gasteiger partial charge on any atom is -0.356 e. The summed E-state index contributed by atoms with van der Waals surface area (Å²) in [6.07, 6.45) is 2.65. The average Bonchev–Trinajstić information content (AvgIpc) is 3.19. The summed E-state index contributed by atoms with van der Waals surface area (Å²) in [5.74, 6) is 0.777. The Labute approximate surface area is 141 Å². The van der Waals surface area contributed by atoms with Gasteiger partial charge in [0.2, 0.25) is 5.91 Å². The molecular formula is C18H23N3OS. The zero-order valence-electron chi connectivity index (χ0n) is 13.5. The van der Waals surface area contributed by atoms with Crippen LogP contribution in [0.15, 0.2) is 29.6 Å². The Balaban J connectivity index is 1.49. The highest BCUT2D eigenvalue weighted by Gasteiger charge is 2.14. The van der Waals surface area contributed by atoms with Gasteiger partial charge in [-0.3, -0.25) is 4.79 Å². The normalized spacial score (nSPS) is 17.3. The van der Waals surface area contributed by atoms with Crippen LogP contribution in [0.3, 0.4) is 0 Å². The van der Waals surface area contributed by atoms with E-state index in [9.17, 15) is 4.79 Å². The molecule has 1 aliphatic heterocycles.